The molecule has 0 atom stereocenters. The molecule has 2 aromatic heterocycles. The summed E-state index contributed by atoms with van der Waals surface area (Å²) < 4.78 is 0. The first-order valence-electron chi connectivity index (χ1n) is 8.12. The number of hydrogen-bond donors (Lipinski definition) is 0. The Kier molecular flexibility index (Phi) is 4.68. The molecule has 0 radical (unpaired) electrons. The molecular formula is C20H21N3OS. The molecule has 0 fully saturated rings. The van der Waals surface area contributed by atoms with Gasteiger partial charge in [0.1, 0.15) is 10.7 Å². The summed E-state index contributed by atoms with van der Waals surface area (Å²) in [5.41, 5.74) is 3.19. The molecular weight excluding hydrogens is 330 g/mol. The Balaban J connectivity index is 1.82. The summed E-state index contributed by atoms with van der Waals surface area (Å²) in [5.74, 6) is -0.0732. The summed E-state index contributed by atoms with van der Waals surface area (Å²) in [4.78, 5) is 23.2. The van der Waals surface area contributed by atoms with Gasteiger partial charge in [-0.1, -0.05) is 36.4 Å². The highest BCUT2D eigenvalue weighted by Gasteiger charge is 2.25. The first-order valence-corrected chi connectivity index (χ1v) is 9.00. The van der Waals surface area contributed by atoms with E-state index < -0.39 is 0 Å². The van der Waals surface area contributed by atoms with Gasteiger partial charge in [-0.05, 0) is 32.4 Å². The lowest BCUT2D eigenvalue weighted by Gasteiger charge is -2.31. The molecule has 0 N–H and O–H groups in total. The van der Waals surface area contributed by atoms with Gasteiger partial charge in [-0.25, -0.2) is 4.98 Å². The van der Waals surface area contributed by atoms with Gasteiger partial charge < -0.3 is 4.90 Å². The van der Waals surface area contributed by atoms with Crippen LogP contribution in [0.15, 0.2) is 54.0 Å². The van der Waals surface area contributed by atoms with Crippen molar-refractivity contribution in [3.05, 3.63) is 59.7 Å². The highest BCUT2D eigenvalue weighted by molar-refractivity contribution is 7.13. The summed E-state index contributed by atoms with van der Waals surface area (Å²) in [5, 5.41) is 2.55. The van der Waals surface area contributed by atoms with Crippen LogP contribution in [-0.4, -0.2) is 33.4 Å². The first kappa shape index (κ1) is 17.3. The number of thiazole rings is 1. The van der Waals surface area contributed by atoms with Gasteiger partial charge in [0.15, 0.2) is 0 Å². The summed E-state index contributed by atoms with van der Waals surface area (Å²) in [6.07, 6.45) is 1.84. The summed E-state index contributed by atoms with van der Waals surface area (Å²) in [7, 11) is 1.80. The van der Waals surface area contributed by atoms with Crippen molar-refractivity contribution >= 4 is 17.2 Å². The molecule has 4 nitrogen and oxygen atoms in total. The number of carbonyl (C=O) groups excluding carboxylic acids is 1. The van der Waals surface area contributed by atoms with Crippen LogP contribution >= 0.6 is 11.3 Å². The van der Waals surface area contributed by atoms with Crippen molar-refractivity contribution in [1.29, 1.82) is 0 Å². The summed E-state index contributed by atoms with van der Waals surface area (Å²) in [6, 6.07) is 14.1. The molecule has 0 aliphatic rings. The van der Waals surface area contributed by atoms with Crippen LogP contribution in [0.2, 0.25) is 0 Å². The molecule has 3 rings (SSSR count). The quantitative estimate of drug-likeness (QED) is 0.684. The minimum atomic E-state index is -0.240. The monoisotopic (exact) mass is 351 g/mol. The molecule has 0 bridgehead atoms. The van der Waals surface area contributed by atoms with Crippen LogP contribution in [0.5, 0.6) is 0 Å². The van der Waals surface area contributed by atoms with Crippen molar-refractivity contribution in [1.82, 2.24) is 14.9 Å². The number of nitrogens with zero attached hydrogens (tertiary/aromatic N) is 3. The second kappa shape index (κ2) is 6.76. The maximum Gasteiger partial charge on any atom is 0.273 e. The number of pyridine rings is 1. The van der Waals surface area contributed by atoms with Crippen LogP contribution in [0.25, 0.3) is 21.8 Å². The predicted molar refractivity (Wildman–Crippen MR) is 103 cm³/mol. The van der Waals surface area contributed by atoms with Crippen LogP contribution in [0, 0.1) is 0 Å². The minimum Gasteiger partial charge on any atom is -0.336 e. The Labute approximate surface area is 152 Å². The van der Waals surface area contributed by atoms with E-state index in [1.165, 1.54) is 11.3 Å². The molecule has 5 heteroatoms. The zero-order valence-electron chi connectivity index (χ0n) is 14.9. The summed E-state index contributed by atoms with van der Waals surface area (Å²) >= 11 is 1.44. The van der Waals surface area contributed by atoms with Crippen molar-refractivity contribution in [2.24, 2.45) is 0 Å². The molecule has 0 aliphatic carbocycles. The zero-order chi connectivity index (χ0) is 18.0. The predicted octanol–water partition coefficient (Wildman–Crippen LogP) is 4.74. The van der Waals surface area contributed by atoms with E-state index in [0.717, 1.165) is 21.8 Å². The fraction of sp³-hybridized carbons (Fsp3) is 0.250. The average molecular weight is 351 g/mol. The molecule has 2 heterocycles. The zero-order valence-corrected chi connectivity index (χ0v) is 15.7. The molecule has 1 aromatic carbocycles. The van der Waals surface area contributed by atoms with Gasteiger partial charge in [-0.15, -0.1) is 11.3 Å². The second-order valence-electron chi connectivity index (χ2n) is 6.87. The highest BCUT2D eigenvalue weighted by atomic mass is 32.1. The van der Waals surface area contributed by atoms with Gasteiger partial charge in [0.05, 0.1) is 5.69 Å². The number of aromatic nitrogens is 2. The standard InChI is InChI=1S/C20H21N3OS/c1-20(2,3)23(4)19(24)17-13-25-18(22-17)16-11-10-15(12-21-16)14-8-6-5-7-9-14/h5-13H,1-4H3. The van der Waals surface area contributed by atoms with Crippen LogP contribution in [0.3, 0.4) is 0 Å². The summed E-state index contributed by atoms with van der Waals surface area (Å²) in [6.45, 7) is 6.01. The molecule has 25 heavy (non-hydrogen) atoms. The smallest absolute Gasteiger partial charge is 0.273 e. The average Bonchev–Trinajstić information content (AvgIpc) is 3.10. The molecule has 128 valence electrons. The Bertz CT molecular complexity index is 864. The number of hydrogen-bond acceptors (Lipinski definition) is 4. The molecule has 0 spiro atoms. The fourth-order valence-electron chi connectivity index (χ4n) is 2.29. The fourth-order valence-corrected chi connectivity index (χ4v) is 3.06. The van der Waals surface area contributed by atoms with Crippen LogP contribution in [0.4, 0.5) is 0 Å². The van der Waals surface area contributed by atoms with Crippen LogP contribution < -0.4 is 0 Å². The molecule has 3 aromatic rings. The minimum absolute atomic E-state index is 0.0732. The molecule has 0 saturated heterocycles. The van der Waals surface area contributed by atoms with Crippen LogP contribution in [-0.2, 0) is 0 Å². The van der Waals surface area contributed by atoms with E-state index in [4.69, 9.17) is 0 Å². The van der Waals surface area contributed by atoms with Crippen molar-refractivity contribution < 1.29 is 4.79 Å². The molecule has 0 unspecified atom stereocenters. The largest absolute Gasteiger partial charge is 0.336 e. The van der Waals surface area contributed by atoms with Gasteiger partial charge in [-0.2, -0.15) is 0 Å². The topological polar surface area (TPSA) is 46.1 Å². The Morgan fingerprint density at radius 1 is 1.04 bits per heavy atom. The van der Waals surface area contributed by atoms with Gasteiger partial charge in [0, 0.05) is 29.7 Å². The second-order valence-corrected chi connectivity index (χ2v) is 7.73. The number of benzene rings is 1. The van der Waals surface area contributed by atoms with Crippen molar-refractivity contribution in [3.8, 4) is 21.8 Å². The maximum atomic E-state index is 12.5. The lowest BCUT2D eigenvalue weighted by Crippen LogP contribution is -2.42. The lowest BCUT2D eigenvalue weighted by atomic mass is 10.1. The van der Waals surface area contributed by atoms with E-state index in [-0.39, 0.29) is 11.4 Å². The van der Waals surface area contributed by atoms with Gasteiger partial charge in [-0.3, -0.25) is 9.78 Å². The van der Waals surface area contributed by atoms with Gasteiger partial charge in [0.2, 0.25) is 0 Å². The van der Waals surface area contributed by atoms with Crippen molar-refractivity contribution in [3.63, 3.8) is 0 Å². The van der Waals surface area contributed by atoms with Crippen molar-refractivity contribution in [2.45, 2.75) is 26.3 Å². The highest BCUT2D eigenvalue weighted by Crippen LogP contribution is 2.26. The van der Waals surface area contributed by atoms with E-state index in [1.54, 1.807) is 17.3 Å². The third kappa shape index (κ3) is 3.77. The third-order valence-corrected chi connectivity index (χ3v) is 4.99. The van der Waals surface area contributed by atoms with Crippen LogP contribution in [0.1, 0.15) is 31.3 Å². The maximum absolute atomic E-state index is 12.5. The molecule has 1 amide bonds. The Hall–Kier alpha value is -2.53. The molecule has 0 aliphatic heterocycles. The van der Waals surface area contributed by atoms with E-state index in [9.17, 15) is 4.79 Å². The van der Waals surface area contributed by atoms with Gasteiger partial charge in [0.25, 0.3) is 5.91 Å². The first-order chi connectivity index (χ1) is 11.9. The molecule has 0 saturated carbocycles. The lowest BCUT2D eigenvalue weighted by molar-refractivity contribution is 0.0650. The van der Waals surface area contributed by atoms with E-state index in [2.05, 4.69) is 22.1 Å². The number of carbonyl (C=O) groups is 1. The van der Waals surface area contributed by atoms with Gasteiger partial charge >= 0.3 is 0 Å². The van der Waals surface area contributed by atoms with E-state index in [1.807, 2.05) is 57.3 Å². The number of rotatable bonds is 3. The van der Waals surface area contributed by atoms with E-state index in [0.29, 0.717) is 5.69 Å². The van der Waals surface area contributed by atoms with Crippen molar-refractivity contribution in [2.75, 3.05) is 7.05 Å². The Morgan fingerprint density at radius 2 is 1.76 bits per heavy atom. The Morgan fingerprint density at radius 3 is 2.36 bits per heavy atom. The SMILES string of the molecule is CN(C(=O)c1csc(-c2ccc(-c3ccccc3)cn2)n1)C(C)(C)C. The van der Waals surface area contributed by atoms with E-state index >= 15 is 0 Å². The number of amides is 1. The third-order valence-electron chi connectivity index (χ3n) is 4.12. The normalized spacial score (nSPS) is 11.4.